The number of rotatable bonds is 12. The van der Waals surface area contributed by atoms with Gasteiger partial charge in [0.1, 0.15) is 5.75 Å². The fraction of sp³-hybridized carbons (Fsp3) is 0.212. The maximum Gasteiger partial charge on any atom is 0.266 e. The van der Waals surface area contributed by atoms with Crippen LogP contribution in [0.3, 0.4) is 0 Å². The van der Waals surface area contributed by atoms with E-state index in [1.165, 1.54) is 0 Å². The Hall–Kier alpha value is -3.21. The van der Waals surface area contributed by atoms with Gasteiger partial charge in [-0.25, -0.2) is 10.4 Å². The van der Waals surface area contributed by atoms with Gasteiger partial charge in [-0.1, -0.05) is 92.0 Å². The van der Waals surface area contributed by atoms with Crippen LogP contribution in [0, 0.1) is 0 Å². The number of aliphatic hydroxyl groups excluding tert-OH is 1. The van der Waals surface area contributed by atoms with E-state index in [0.29, 0.717) is 41.8 Å². The molecule has 222 valence electrons. The third-order valence-electron chi connectivity index (χ3n) is 7.04. The number of ether oxygens (including phenoxy) is 2. The summed E-state index contributed by atoms with van der Waals surface area (Å²) < 4.78 is 14.0. The molecule has 5 rings (SSSR count). The lowest BCUT2D eigenvalue weighted by atomic mass is 9.82. The Kier molecular flexibility index (Phi) is 10.5. The summed E-state index contributed by atoms with van der Waals surface area (Å²) in [6, 6.07) is 30.3. The molecule has 4 aromatic rings. The predicted molar refractivity (Wildman–Crippen MR) is 175 cm³/mol. The quantitative estimate of drug-likeness (QED) is 0.109. The molecular formula is C33H30Br2ClN3O4. The Morgan fingerprint density at radius 3 is 2.42 bits per heavy atom. The first-order valence-corrected chi connectivity index (χ1v) is 15.7. The minimum Gasteiger partial charge on any atom is -0.494 e. The highest BCUT2D eigenvalue weighted by molar-refractivity contribution is 9.10. The zero-order chi connectivity index (χ0) is 30.2. The van der Waals surface area contributed by atoms with Gasteiger partial charge in [-0.15, -0.1) is 0 Å². The van der Waals surface area contributed by atoms with E-state index >= 15 is 0 Å². The van der Waals surface area contributed by atoms with Crippen molar-refractivity contribution in [2.75, 3.05) is 13.2 Å². The van der Waals surface area contributed by atoms with Crippen LogP contribution in [0.1, 0.15) is 34.8 Å². The van der Waals surface area contributed by atoms with Crippen LogP contribution in [0.2, 0.25) is 5.02 Å². The van der Waals surface area contributed by atoms with E-state index in [1.807, 2.05) is 97.1 Å². The van der Waals surface area contributed by atoms with Gasteiger partial charge in [-0.05, 0) is 59.7 Å². The molecule has 1 aliphatic rings. The number of aliphatic imine (C=N–C) groups is 1. The minimum atomic E-state index is -1.36. The second-order valence-electron chi connectivity index (χ2n) is 10.0. The standard InChI is InChI=1S/C33H30Br2ClN3O4/c34-25-14-10-22(11-15-25)20-33(32(41)39-37-21-24-6-1-4-9-29(24)36)30(27-7-2-3-8-28(27)35)43-31(38-33)23-12-16-26(17-13-23)42-19-5-18-40/h1-4,6-17,30,37,40H,5,18-21H2,(H,39,41)/t30-,33-/m0/s1. The van der Waals surface area contributed by atoms with Crippen LogP contribution in [-0.2, 0) is 22.5 Å². The van der Waals surface area contributed by atoms with Crippen molar-refractivity contribution >= 4 is 55.3 Å². The summed E-state index contributed by atoms with van der Waals surface area (Å²) in [6.07, 6.45) is 0.0746. The number of aliphatic hydroxyl groups is 1. The average Bonchev–Trinajstić information content (AvgIpc) is 3.40. The molecule has 1 aliphatic heterocycles. The van der Waals surface area contributed by atoms with E-state index in [1.54, 1.807) is 0 Å². The first-order valence-electron chi connectivity index (χ1n) is 13.8. The van der Waals surface area contributed by atoms with Crippen molar-refractivity contribution in [3.63, 3.8) is 0 Å². The van der Waals surface area contributed by atoms with Crippen LogP contribution in [0.15, 0.2) is 111 Å². The smallest absolute Gasteiger partial charge is 0.266 e. The molecule has 0 unspecified atom stereocenters. The van der Waals surface area contributed by atoms with Gasteiger partial charge in [0.25, 0.3) is 5.91 Å². The SMILES string of the molecule is O=C(NNCc1ccccc1Cl)[C@@]1(Cc2ccc(Br)cc2)N=C(c2ccc(OCCCO)cc2)O[C@H]1c1ccccc1Br. The van der Waals surface area contributed by atoms with Crippen LogP contribution < -0.4 is 15.6 Å². The number of carbonyl (C=O) groups excluding carboxylic acids is 1. The summed E-state index contributed by atoms with van der Waals surface area (Å²) in [7, 11) is 0. The second kappa shape index (κ2) is 14.5. The maximum atomic E-state index is 14.3. The Morgan fingerprint density at radius 2 is 1.70 bits per heavy atom. The van der Waals surface area contributed by atoms with Gasteiger partial charge >= 0.3 is 0 Å². The Bertz CT molecular complexity index is 1580. The monoisotopic (exact) mass is 725 g/mol. The minimum absolute atomic E-state index is 0.0644. The van der Waals surface area contributed by atoms with Crippen molar-refractivity contribution in [2.24, 2.45) is 4.99 Å². The van der Waals surface area contributed by atoms with Crippen molar-refractivity contribution in [2.45, 2.75) is 31.0 Å². The zero-order valence-corrected chi connectivity index (χ0v) is 27.0. The number of hydrogen-bond acceptors (Lipinski definition) is 6. The van der Waals surface area contributed by atoms with Crippen molar-refractivity contribution in [1.82, 2.24) is 10.9 Å². The Morgan fingerprint density at radius 1 is 0.977 bits per heavy atom. The molecule has 10 heteroatoms. The van der Waals surface area contributed by atoms with E-state index in [-0.39, 0.29) is 18.9 Å². The van der Waals surface area contributed by atoms with E-state index < -0.39 is 11.6 Å². The van der Waals surface area contributed by atoms with Crippen molar-refractivity contribution in [3.8, 4) is 5.75 Å². The first-order chi connectivity index (χ1) is 20.9. The van der Waals surface area contributed by atoms with Crippen molar-refractivity contribution in [1.29, 1.82) is 0 Å². The van der Waals surface area contributed by atoms with Crippen molar-refractivity contribution in [3.05, 3.63) is 133 Å². The summed E-state index contributed by atoms with van der Waals surface area (Å²) in [5.41, 5.74) is 7.86. The fourth-order valence-electron chi connectivity index (χ4n) is 4.83. The van der Waals surface area contributed by atoms with Gasteiger partial charge in [0, 0.05) is 51.1 Å². The number of hydrogen-bond donors (Lipinski definition) is 3. The van der Waals surface area contributed by atoms with Crippen LogP contribution in [-0.4, -0.2) is 35.7 Å². The van der Waals surface area contributed by atoms with E-state index in [0.717, 1.165) is 25.6 Å². The highest BCUT2D eigenvalue weighted by Gasteiger charge is 2.54. The number of nitrogens with zero attached hydrogens (tertiary/aromatic N) is 1. The van der Waals surface area contributed by atoms with Gasteiger partial charge in [0.15, 0.2) is 11.6 Å². The fourth-order valence-corrected chi connectivity index (χ4v) is 5.79. The lowest BCUT2D eigenvalue weighted by Crippen LogP contribution is -2.53. The van der Waals surface area contributed by atoms with Gasteiger partial charge in [-0.3, -0.25) is 10.2 Å². The third-order valence-corrected chi connectivity index (χ3v) is 8.66. The molecule has 1 heterocycles. The molecule has 1 amide bonds. The molecule has 2 atom stereocenters. The normalized spacial score (nSPS) is 17.7. The van der Waals surface area contributed by atoms with E-state index in [9.17, 15) is 4.79 Å². The largest absolute Gasteiger partial charge is 0.494 e. The van der Waals surface area contributed by atoms with Crippen LogP contribution >= 0.6 is 43.5 Å². The number of nitrogens with one attached hydrogen (secondary N) is 2. The molecule has 0 bridgehead atoms. The molecule has 0 aromatic heterocycles. The lowest BCUT2D eigenvalue weighted by molar-refractivity contribution is -0.130. The number of carbonyl (C=O) groups is 1. The molecule has 0 spiro atoms. The van der Waals surface area contributed by atoms with Gasteiger partial charge in [0.05, 0.1) is 6.61 Å². The summed E-state index contributed by atoms with van der Waals surface area (Å²) >= 11 is 13.5. The summed E-state index contributed by atoms with van der Waals surface area (Å²) in [5.74, 6) is 0.670. The number of benzene rings is 4. The second-order valence-corrected chi connectivity index (χ2v) is 12.2. The average molecular weight is 728 g/mol. The van der Waals surface area contributed by atoms with Crippen LogP contribution in [0.4, 0.5) is 0 Å². The molecule has 0 radical (unpaired) electrons. The summed E-state index contributed by atoms with van der Waals surface area (Å²) in [5, 5.41) is 9.65. The van der Waals surface area contributed by atoms with Crippen LogP contribution in [0.5, 0.6) is 5.75 Å². The summed E-state index contributed by atoms with van der Waals surface area (Å²) in [4.78, 5) is 19.4. The molecule has 3 N–H and O–H groups in total. The van der Waals surface area contributed by atoms with E-state index in [4.69, 9.17) is 31.2 Å². The molecule has 7 nitrogen and oxygen atoms in total. The molecule has 0 fully saturated rings. The number of amides is 1. The third kappa shape index (κ3) is 7.48. The van der Waals surface area contributed by atoms with E-state index in [2.05, 4.69) is 42.7 Å². The van der Waals surface area contributed by atoms with Crippen LogP contribution in [0.25, 0.3) is 0 Å². The van der Waals surface area contributed by atoms with Crippen molar-refractivity contribution < 1.29 is 19.4 Å². The first kappa shape index (κ1) is 31.2. The number of hydrazine groups is 1. The zero-order valence-electron chi connectivity index (χ0n) is 23.1. The molecule has 0 aliphatic carbocycles. The number of halogens is 3. The topological polar surface area (TPSA) is 92.2 Å². The molecule has 43 heavy (non-hydrogen) atoms. The Balaban J connectivity index is 1.52. The molecule has 4 aromatic carbocycles. The van der Waals surface area contributed by atoms with Gasteiger partial charge in [-0.2, -0.15) is 0 Å². The molecular weight excluding hydrogens is 698 g/mol. The lowest BCUT2D eigenvalue weighted by Gasteiger charge is -2.31. The predicted octanol–water partition coefficient (Wildman–Crippen LogP) is 6.95. The molecule has 0 saturated heterocycles. The highest BCUT2D eigenvalue weighted by atomic mass is 79.9. The molecule has 0 saturated carbocycles. The Labute approximate surface area is 272 Å². The van der Waals surface area contributed by atoms with Gasteiger partial charge < -0.3 is 14.6 Å². The summed E-state index contributed by atoms with van der Waals surface area (Å²) in [6.45, 7) is 0.804. The maximum absolute atomic E-state index is 14.3. The van der Waals surface area contributed by atoms with Gasteiger partial charge in [0.2, 0.25) is 5.90 Å². The highest BCUT2D eigenvalue weighted by Crippen LogP contribution is 2.44.